The van der Waals surface area contributed by atoms with Crippen LogP contribution >= 0.6 is 22.9 Å². The van der Waals surface area contributed by atoms with Crippen LogP contribution < -0.4 is 10.2 Å². The molecule has 4 rings (SSSR count). The minimum atomic E-state index is -3.75. The highest BCUT2D eigenvalue weighted by Gasteiger charge is 2.32. The lowest BCUT2D eigenvalue weighted by atomic mass is 10.1. The summed E-state index contributed by atoms with van der Waals surface area (Å²) in [6.07, 6.45) is 0.687. The zero-order chi connectivity index (χ0) is 22.6. The van der Waals surface area contributed by atoms with Crippen molar-refractivity contribution in [2.24, 2.45) is 0 Å². The van der Waals surface area contributed by atoms with Crippen LogP contribution in [0.2, 0.25) is 5.02 Å². The van der Waals surface area contributed by atoms with Crippen molar-refractivity contribution in [3.63, 3.8) is 0 Å². The second-order valence-corrected chi connectivity index (χ2v) is 10.7. The summed E-state index contributed by atoms with van der Waals surface area (Å²) in [7, 11) is -3.75. The van der Waals surface area contributed by atoms with Gasteiger partial charge in [-0.05, 0) is 47.7 Å². The fourth-order valence-corrected chi connectivity index (χ4v) is 6.55. The lowest BCUT2D eigenvalue weighted by Crippen LogP contribution is -2.48. The largest absolute Gasteiger partial charge is 0.369 e. The molecule has 2 heterocycles. The van der Waals surface area contributed by atoms with E-state index in [1.807, 2.05) is 54.6 Å². The normalized spacial score (nSPS) is 15.0. The standard InChI is InChI=1S/C23H24ClN3O3S2/c24-19-6-8-20(9-7-19)26-13-15-27(16-14-26)32(29,30)21-11-17-31-22(21)23(28)25-12-10-18-4-2-1-3-5-18/h1-9,11,17H,10,12-16H2,(H,25,28). The van der Waals surface area contributed by atoms with Crippen molar-refractivity contribution in [2.75, 3.05) is 37.6 Å². The van der Waals surface area contributed by atoms with Crippen LogP contribution in [0.5, 0.6) is 0 Å². The van der Waals surface area contributed by atoms with Gasteiger partial charge in [-0.15, -0.1) is 11.3 Å². The van der Waals surface area contributed by atoms with Gasteiger partial charge in [-0.1, -0.05) is 41.9 Å². The number of carbonyl (C=O) groups is 1. The number of hydrogen-bond acceptors (Lipinski definition) is 5. The van der Waals surface area contributed by atoms with E-state index >= 15 is 0 Å². The molecule has 0 saturated carbocycles. The van der Waals surface area contributed by atoms with E-state index in [1.54, 1.807) is 5.38 Å². The molecule has 1 aliphatic heterocycles. The van der Waals surface area contributed by atoms with Gasteiger partial charge in [0, 0.05) is 43.4 Å². The highest BCUT2D eigenvalue weighted by molar-refractivity contribution is 7.89. The molecule has 0 bridgehead atoms. The molecule has 32 heavy (non-hydrogen) atoms. The number of carbonyl (C=O) groups excluding carboxylic acids is 1. The van der Waals surface area contributed by atoms with Crippen molar-refractivity contribution in [1.29, 1.82) is 0 Å². The average molecular weight is 490 g/mol. The summed E-state index contributed by atoms with van der Waals surface area (Å²) in [5.41, 5.74) is 2.13. The summed E-state index contributed by atoms with van der Waals surface area (Å²) in [4.78, 5) is 15.2. The first-order valence-corrected chi connectivity index (χ1v) is 13.1. The Balaban J connectivity index is 1.39. The van der Waals surface area contributed by atoms with Gasteiger partial charge in [0.15, 0.2) is 0 Å². The number of anilines is 1. The molecular weight excluding hydrogens is 466 g/mol. The van der Waals surface area contributed by atoms with Crippen molar-refractivity contribution < 1.29 is 13.2 Å². The number of benzene rings is 2. The molecule has 0 spiro atoms. The third-order valence-electron chi connectivity index (χ3n) is 5.43. The lowest BCUT2D eigenvalue weighted by molar-refractivity contribution is 0.0955. The molecule has 0 aliphatic carbocycles. The van der Waals surface area contributed by atoms with Crippen LogP contribution in [0.25, 0.3) is 0 Å². The molecule has 2 aromatic carbocycles. The van der Waals surface area contributed by atoms with Gasteiger partial charge in [0.25, 0.3) is 5.91 Å². The monoisotopic (exact) mass is 489 g/mol. The van der Waals surface area contributed by atoms with Gasteiger partial charge >= 0.3 is 0 Å². The van der Waals surface area contributed by atoms with E-state index in [-0.39, 0.29) is 15.7 Å². The number of thiophene rings is 1. The number of sulfonamides is 1. The minimum absolute atomic E-state index is 0.0830. The van der Waals surface area contributed by atoms with Crippen LogP contribution in [0.15, 0.2) is 70.9 Å². The fraction of sp³-hybridized carbons (Fsp3) is 0.261. The zero-order valence-electron chi connectivity index (χ0n) is 17.4. The highest BCUT2D eigenvalue weighted by Crippen LogP contribution is 2.27. The van der Waals surface area contributed by atoms with Crippen molar-refractivity contribution in [3.8, 4) is 0 Å². The zero-order valence-corrected chi connectivity index (χ0v) is 19.8. The summed E-state index contributed by atoms with van der Waals surface area (Å²) in [6.45, 7) is 2.30. The number of amides is 1. The summed E-state index contributed by atoms with van der Waals surface area (Å²) in [5.74, 6) is -0.352. The second-order valence-electron chi connectivity index (χ2n) is 7.47. The van der Waals surface area contributed by atoms with Gasteiger partial charge in [-0.3, -0.25) is 4.79 Å². The number of nitrogens with zero attached hydrogens (tertiary/aromatic N) is 2. The van der Waals surface area contributed by atoms with Gasteiger partial charge in [-0.25, -0.2) is 8.42 Å². The van der Waals surface area contributed by atoms with Crippen molar-refractivity contribution in [3.05, 3.63) is 81.5 Å². The Kier molecular flexibility index (Phi) is 7.15. The van der Waals surface area contributed by atoms with E-state index in [0.29, 0.717) is 44.2 Å². The third kappa shape index (κ3) is 5.15. The Labute approximate surface area is 197 Å². The van der Waals surface area contributed by atoms with Crippen LogP contribution in [-0.4, -0.2) is 51.4 Å². The Hall–Kier alpha value is -2.39. The number of halogens is 1. The van der Waals surface area contributed by atoms with Crippen molar-refractivity contribution in [1.82, 2.24) is 9.62 Å². The molecule has 9 heteroatoms. The molecule has 1 N–H and O–H groups in total. The quantitative estimate of drug-likeness (QED) is 0.546. The maximum Gasteiger partial charge on any atom is 0.262 e. The van der Waals surface area contributed by atoms with Crippen LogP contribution in [0.3, 0.4) is 0 Å². The van der Waals surface area contributed by atoms with Gasteiger partial charge in [0.1, 0.15) is 9.77 Å². The Morgan fingerprint density at radius 2 is 1.66 bits per heavy atom. The smallest absolute Gasteiger partial charge is 0.262 e. The SMILES string of the molecule is O=C(NCCc1ccccc1)c1sccc1S(=O)(=O)N1CCN(c2ccc(Cl)cc2)CC1. The van der Waals surface area contributed by atoms with Crippen LogP contribution in [0, 0.1) is 0 Å². The van der Waals surface area contributed by atoms with E-state index in [1.165, 1.54) is 10.4 Å². The molecule has 0 atom stereocenters. The van der Waals surface area contributed by atoms with E-state index < -0.39 is 10.0 Å². The molecule has 1 aromatic heterocycles. The van der Waals surface area contributed by atoms with E-state index in [0.717, 1.165) is 22.6 Å². The predicted octanol–water partition coefficient (Wildman–Crippen LogP) is 3.88. The van der Waals surface area contributed by atoms with Crippen LogP contribution in [0.4, 0.5) is 5.69 Å². The fourth-order valence-electron chi connectivity index (χ4n) is 3.69. The Morgan fingerprint density at radius 1 is 0.969 bits per heavy atom. The Morgan fingerprint density at radius 3 is 2.34 bits per heavy atom. The summed E-state index contributed by atoms with van der Waals surface area (Å²) < 4.78 is 28.0. The molecule has 1 saturated heterocycles. The summed E-state index contributed by atoms with van der Waals surface area (Å²) in [5, 5.41) is 5.18. The highest BCUT2D eigenvalue weighted by atomic mass is 35.5. The van der Waals surface area contributed by atoms with Crippen molar-refractivity contribution >= 4 is 44.6 Å². The van der Waals surface area contributed by atoms with Crippen LogP contribution in [0.1, 0.15) is 15.2 Å². The third-order valence-corrected chi connectivity index (χ3v) is 8.66. The van der Waals surface area contributed by atoms with Crippen LogP contribution in [-0.2, 0) is 16.4 Å². The first-order chi connectivity index (χ1) is 15.4. The van der Waals surface area contributed by atoms with E-state index in [4.69, 9.17) is 11.6 Å². The van der Waals surface area contributed by atoms with E-state index in [2.05, 4.69) is 10.2 Å². The van der Waals surface area contributed by atoms with Gasteiger partial charge in [0.2, 0.25) is 10.0 Å². The average Bonchev–Trinajstić information content (AvgIpc) is 3.32. The molecule has 1 aliphatic rings. The summed E-state index contributed by atoms with van der Waals surface area (Å²) in [6, 6.07) is 18.9. The van der Waals surface area contributed by atoms with Gasteiger partial charge in [-0.2, -0.15) is 4.31 Å². The topological polar surface area (TPSA) is 69.7 Å². The number of hydrogen-bond donors (Lipinski definition) is 1. The number of nitrogens with one attached hydrogen (secondary N) is 1. The molecular formula is C23H24ClN3O3S2. The van der Waals surface area contributed by atoms with Gasteiger partial charge < -0.3 is 10.2 Å². The van der Waals surface area contributed by atoms with Crippen molar-refractivity contribution in [2.45, 2.75) is 11.3 Å². The first kappa shape index (κ1) is 22.8. The molecule has 1 fully saturated rings. The minimum Gasteiger partial charge on any atom is -0.369 e. The Bertz CT molecular complexity index is 1160. The van der Waals surface area contributed by atoms with Gasteiger partial charge in [0.05, 0.1) is 0 Å². The molecule has 0 unspecified atom stereocenters. The first-order valence-electron chi connectivity index (χ1n) is 10.4. The maximum absolute atomic E-state index is 13.3. The number of piperazine rings is 1. The molecule has 6 nitrogen and oxygen atoms in total. The lowest BCUT2D eigenvalue weighted by Gasteiger charge is -2.35. The predicted molar refractivity (Wildman–Crippen MR) is 129 cm³/mol. The van der Waals surface area contributed by atoms with E-state index in [9.17, 15) is 13.2 Å². The molecule has 168 valence electrons. The molecule has 1 amide bonds. The summed E-state index contributed by atoms with van der Waals surface area (Å²) >= 11 is 7.11. The molecule has 0 radical (unpaired) electrons. The number of rotatable bonds is 7. The molecule has 3 aromatic rings. The maximum atomic E-state index is 13.3. The second kappa shape index (κ2) is 10.0.